The van der Waals surface area contributed by atoms with Crippen molar-refractivity contribution in [3.05, 3.63) is 51.7 Å². The minimum absolute atomic E-state index is 0.392. The molecule has 0 saturated heterocycles. The van der Waals surface area contributed by atoms with Gasteiger partial charge in [-0.25, -0.2) is 0 Å². The molecule has 0 aliphatic carbocycles. The van der Waals surface area contributed by atoms with Crippen molar-refractivity contribution < 1.29 is 5.11 Å². The summed E-state index contributed by atoms with van der Waals surface area (Å²) in [6.07, 6.45) is 2.64. The van der Waals surface area contributed by atoms with Gasteiger partial charge in [0.05, 0.1) is 23.9 Å². The zero-order valence-electron chi connectivity index (χ0n) is 8.35. The molecule has 0 bridgehead atoms. The number of aliphatic hydroxyl groups excluding tert-OH is 1. The lowest BCUT2D eigenvalue weighted by Crippen LogP contribution is -2.08. The predicted octanol–water partition coefficient (Wildman–Crippen LogP) is 3.03. The van der Waals surface area contributed by atoms with Crippen LogP contribution in [0.2, 0.25) is 5.02 Å². The molecule has 2 aromatic rings. The third-order valence-electron chi connectivity index (χ3n) is 2.20. The van der Waals surface area contributed by atoms with Crippen LogP contribution in [0.15, 0.2) is 41.1 Å². The second-order valence-electron chi connectivity index (χ2n) is 3.45. The molecule has 0 amide bonds. The van der Waals surface area contributed by atoms with Gasteiger partial charge in [0.2, 0.25) is 0 Å². The number of benzene rings is 1. The maximum atomic E-state index is 9.98. The van der Waals surface area contributed by atoms with Gasteiger partial charge in [-0.05, 0) is 17.7 Å². The highest BCUT2D eigenvalue weighted by molar-refractivity contribution is 9.10. The molecule has 1 N–H and O–H groups in total. The van der Waals surface area contributed by atoms with Crippen LogP contribution in [0.1, 0.15) is 11.7 Å². The molecule has 0 radical (unpaired) electrons. The first-order chi connectivity index (χ1) is 7.65. The minimum Gasteiger partial charge on any atom is -0.386 e. The lowest BCUT2D eigenvalue weighted by Gasteiger charge is -2.11. The molecule has 5 heteroatoms. The summed E-state index contributed by atoms with van der Waals surface area (Å²) < 4.78 is 2.57. The number of hydrogen-bond donors (Lipinski definition) is 1. The highest BCUT2D eigenvalue weighted by Crippen LogP contribution is 2.19. The van der Waals surface area contributed by atoms with Gasteiger partial charge in [0.25, 0.3) is 0 Å². The topological polar surface area (TPSA) is 38.0 Å². The van der Waals surface area contributed by atoms with Crippen molar-refractivity contribution in [3.63, 3.8) is 0 Å². The average Bonchev–Trinajstić information content (AvgIpc) is 2.64. The van der Waals surface area contributed by atoms with E-state index in [1.807, 2.05) is 24.3 Å². The second-order valence-corrected chi connectivity index (χ2v) is 4.80. The Morgan fingerprint density at radius 3 is 2.94 bits per heavy atom. The van der Waals surface area contributed by atoms with Crippen LogP contribution in [0.4, 0.5) is 0 Å². The molecule has 84 valence electrons. The third-order valence-corrected chi connectivity index (χ3v) is 2.88. The standard InChI is InChI=1S/C11H10BrClN2O/c12-9-3-1-2-8(4-9)11(16)7-15-6-10(13)5-14-15/h1-6,11,16H,7H2/t11-/m1/s1. The first-order valence-corrected chi connectivity index (χ1v) is 5.94. The Kier molecular flexibility index (Phi) is 3.63. The van der Waals surface area contributed by atoms with E-state index in [2.05, 4.69) is 21.0 Å². The maximum absolute atomic E-state index is 9.98. The fourth-order valence-electron chi connectivity index (χ4n) is 1.43. The van der Waals surface area contributed by atoms with Crippen LogP contribution in [0, 0.1) is 0 Å². The van der Waals surface area contributed by atoms with Gasteiger partial charge >= 0.3 is 0 Å². The molecule has 0 aliphatic rings. The Hall–Kier alpha value is -0.840. The van der Waals surface area contributed by atoms with Gasteiger partial charge in [0.1, 0.15) is 0 Å². The van der Waals surface area contributed by atoms with Crippen LogP contribution in [-0.4, -0.2) is 14.9 Å². The largest absolute Gasteiger partial charge is 0.386 e. The second kappa shape index (κ2) is 4.99. The van der Waals surface area contributed by atoms with Crippen molar-refractivity contribution in [2.45, 2.75) is 12.6 Å². The van der Waals surface area contributed by atoms with Crippen LogP contribution in [0.3, 0.4) is 0 Å². The van der Waals surface area contributed by atoms with Gasteiger partial charge in [0, 0.05) is 10.7 Å². The van der Waals surface area contributed by atoms with Crippen LogP contribution in [0.5, 0.6) is 0 Å². The van der Waals surface area contributed by atoms with Gasteiger partial charge in [-0.2, -0.15) is 5.10 Å². The van der Waals surface area contributed by atoms with E-state index in [0.717, 1.165) is 10.0 Å². The lowest BCUT2D eigenvalue weighted by molar-refractivity contribution is 0.151. The Morgan fingerprint density at radius 1 is 1.50 bits per heavy atom. The molecule has 1 aromatic heterocycles. The molecule has 3 nitrogen and oxygen atoms in total. The first kappa shape index (κ1) is 11.6. The van der Waals surface area contributed by atoms with Crippen molar-refractivity contribution in [1.29, 1.82) is 0 Å². The van der Waals surface area contributed by atoms with Crippen molar-refractivity contribution >= 4 is 27.5 Å². The Labute approximate surface area is 107 Å². The number of hydrogen-bond acceptors (Lipinski definition) is 2. The molecule has 0 unspecified atom stereocenters. The van der Waals surface area contributed by atoms with E-state index in [-0.39, 0.29) is 0 Å². The normalized spacial score (nSPS) is 12.7. The Morgan fingerprint density at radius 2 is 2.31 bits per heavy atom. The smallest absolute Gasteiger partial charge is 0.0986 e. The van der Waals surface area contributed by atoms with Gasteiger partial charge < -0.3 is 5.11 Å². The number of aliphatic hydroxyl groups is 1. The molecule has 1 aromatic carbocycles. The van der Waals surface area contributed by atoms with Crippen molar-refractivity contribution in [1.82, 2.24) is 9.78 Å². The third kappa shape index (κ3) is 2.84. The molecule has 16 heavy (non-hydrogen) atoms. The van der Waals surface area contributed by atoms with E-state index in [0.29, 0.717) is 11.6 Å². The van der Waals surface area contributed by atoms with Crippen molar-refractivity contribution in [2.24, 2.45) is 0 Å². The SMILES string of the molecule is O[C@H](Cn1cc(Cl)cn1)c1cccc(Br)c1. The summed E-state index contributed by atoms with van der Waals surface area (Å²) in [5, 5.41) is 14.6. The summed E-state index contributed by atoms with van der Waals surface area (Å²) in [6, 6.07) is 7.57. The number of rotatable bonds is 3. The minimum atomic E-state index is -0.589. The summed E-state index contributed by atoms with van der Waals surface area (Å²) in [7, 11) is 0. The van der Waals surface area contributed by atoms with E-state index in [9.17, 15) is 5.11 Å². The highest BCUT2D eigenvalue weighted by atomic mass is 79.9. The maximum Gasteiger partial charge on any atom is 0.0986 e. The summed E-state index contributed by atoms with van der Waals surface area (Å²) in [6.45, 7) is 0.392. The number of halogens is 2. The summed E-state index contributed by atoms with van der Waals surface area (Å²) in [5.74, 6) is 0. The monoisotopic (exact) mass is 300 g/mol. The van der Waals surface area contributed by atoms with E-state index >= 15 is 0 Å². The van der Waals surface area contributed by atoms with Gasteiger partial charge in [0.15, 0.2) is 0 Å². The molecule has 0 saturated carbocycles. The van der Waals surface area contributed by atoms with Crippen LogP contribution in [-0.2, 0) is 6.54 Å². The number of nitrogens with zero attached hydrogens (tertiary/aromatic N) is 2. The number of aromatic nitrogens is 2. The zero-order valence-corrected chi connectivity index (χ0v) is 10.7. The molecule has 1 heterocycles. The quantitative estimate of drug-likeness (QED) is 0.946. The molecule has 0 fully saturated rings. The van der Waals surface area contributed by atoms with Crippen molar-refractivity contribution in [2.75, 3.05) is 0 Å². The van der Waals surface area contributed by atoms with Crippen LogP contribution < -0.4 is 0 Å². The van der Waals surface area contributed by atoms with Gasteiger partial charge in [-0.3, -0.25) is 4.68 Å². The van der Waals surface area contributed by atoms with Crippen molar-refractivity contribution in [3.8, 4) is 0 Å². The Balaban J connectivity index is 2.11. The zero-order chi connectivity index (χ0) is 11.5. The highest BCUT2D eigenvalue weighted by Gasteiger charge is 2.09. The fourth-order valence-corrected chi connectivity index (χ4v) is 2.01. The molecular formula is C11H10BrClN2O. The van der Waals surface area contributed by atoms with E-state index in [4.69, 9.17) is 11.6 Å². The summed E-state index contributed by atoms with van der Waals surface area (Å²) in [4.78, 5) is 0. The lowest BCUT2D eigenvalue weighted by atomic mass is 10.1. The van der Waals surface area contributed by atoms with Gasteiger partial charge in [-0.1, -0.05) is 39.7 Å². The van der Waals surface area contributed by atoms with Crippen LogP contribution in [0.25, 0.3) is 0 Å². The summed E-state index contributed by atoms with van der Waals surface area (Å²) >= 11 is 9.11. The van der Waals surface area contributed by atoms with E-state index < -0.39 is 6.10 Å². The Bertz CT molecular complexity index is 486. The van der Waals surface area contributed by atoms with Gasteiger partial charge in [-0.15, -0.1) is 0 Å². The fraction of sp³-hybridized carbons (Fsp3) is 0.182. The van der Waals surface area contributed by atoms with E-state index in [1.54, 1.807) is 17.1 Å². The molecule has 0 aliphatic heterocycles. The molecule has 2 rings (SSSR count). The van der Waals surface area contributed by atoms with Crippen LogP contribution >= 0.6 is 27.5 Å². The average molecular weight is 302 g/mol. The van der Waals surface area contributed by atoms with E-state index in [1.165, 1.54) is 0 Å². The molecule has 1 atom stereocenters. The first-order valence-electron chi connectivity index (χ1n) is 4.76. The molecule has 0 spiro atoms. The summed E-state index contributed by atoms with van der Waals surface area (Å²) in [5.41, 5.74) is 0.848. The molecular weight excluding hydrogens is 291 g/mol. The predicted molar refractivity (Wildman–Crippen MR) is 66.3 cm³/mol.